The number of nitrogens with zero attached hydrogens (tertiary/aromatic N) is 2. The van der Waals surface area contributed by atoms with Crippen LogP contribution in [0.25, 0.3) is 10.9 Å². The second-order valence-corrected chi connectivity index (χ2v) is 4.79. The molecule has 16 heavy (non-hydrogen) atoms. The first-order valence-electron chi connectivity index (χ1n) is 5.94. The molecular formula is C13H17N3. The van der Waals surface area contributed by atoms with Gasteiger partial charge in [-0.05, 0) is 38.6 Å². The number of pyridine rings is 1. The molecule has 1 unspecified atom stereocenters. The maximum absolute atomic E-state index is 4.16. The van der Waals surface area contributed by atoms with Crippen LogP contribution in [0.3, 0.4) is 0 Å². The summed E-state index contributed by atoms with van der Waals surface area (Å²) in [7, 11) is 2.20. The molecule has 0 aromatic carbocycles. The van der Waals surface area contributed by atoms with Crippen molar-refractivity contribution in [3.63, 3.8) is 0 Å². The van der Waals surface area contributed by atoms with Crippen LogP contribution in [0.4, 0.5) is 0 Å². The minimum Gasteiger partial charge on any atom is -0.358 e. The number of likely N-dealkylation sites (N-methyl/N-ethyl adjacent to an activating group) is 1. The van der Waals surface area contributed by atoms with Gasteiger partial charge in [0.25, 0.3) is 0 Å². The van der Waals surface area contributed by atoms with Crippen molar-refractivity contribution in [1.82, 2.24) is 14.9 Å². The first kappa shape index (κ1) is 9.85. The molecular weight excluding hydrogens is 198 g/mol. The molecule has 0 radical (unpaired) electrons. The molecule has 3 heteroatoms. The Labute approximate surface area is 95.5 Å². The number of nitrogens with one attached hydrogen (secondary N) is 1. The van der Waals surface area contributed by atoms with Crippen molar-refractivity contribution in [3.8, 4) is 0 Å². The third-order valence-electron chi connectivity index (χ3n) is 3.51. The van der Waals surface area contributed by atoms with Crippen LogP contribution in [0.5, 0.6) is 0 Å². The molecule has 2 aromatic heterocycles. The molecule has 0 bridgehead atoms. The van der Waals surface area contributed by atoms with E-state index in [4.69, 9.17) is 0 Å². The molecule has 3 heterocycles. The molecule has 2 aromatic rings. The van der Waals surface area contributed by atoms with Gasteiger partial charge in [0.15, 0.2) is 0 Å². The molecule has 0 spiro atoms. The van der Waals surface area contributed by atoms with E-state index < -0.39 is 0 Å². The summed E-state index contributed by atoms with van der Waals surface area (Å²) < 4.78 is 0. The average Bonchev–Trinajstić information content (AvgIpc) is 2.72. The lowest BCUT2D eigenvalue weighted by Gasteiger charge is -2.29. The van der Waals surface area contributed by atoms with Crippen LogP contribution >= 0.6 is 0 Å². The van der Waals surface area contributed by atoms with Crippen LogP contribution in [0.15, 0.2) is 24.5 Å². The number of fused-ring (bicyclic) bond motifs is 1. The van der Waals surface area contributed by atoms with Gasteiger partial charge in [0.1, 0.15) is 0 Å². The van der Waals surface area contributed by atoms with E-state index in [1.807, 2.05) is 18.5 Å². The standard InChI is InChI=1S/C13H17N3/c1-16-6-2-3-10(9-16)13-7-11-8-14-5-4-12(11)15-13/h4-5,7-8,10,15H,2-3,6,9H2,1H3. The number of hydrogen-bond acceptors (Lipinski definition) is 2. The first-order chi connectivity index (χ1) is 7.83. The van der Waals surface area contributed by atoms with E-state index in [2.05, 4.69) is 28.0 Å². The van der Waals surface area contributed by atoms with Gasteiger partial charge in [0, 0.05) is 41.5 Å². The molecule has 0 saturated carbocycles. The molecule has 0 amide bonds. The Balaban J connectivity index is 1.93. The van der Waals surface area contributed by atoms with E-state index in [1.54, 1.807) is 0 Å². The van der Waals surface area contributed by atoms with Gasteiger partial charge < -0.3 is 9.88 Å². The lowest BCUT2D eigenvalue weighted by molar-refractivity contribution is 0.249. The van der Waals surface area contributed by atoms with Gasteiger partial charge in [0.2, 0.25) is 0 Å². The topological polar surface area (TPSA) is 31.9 Å². The SMILES string of the molecule is CN1CCCC(c2cc3cnccc3[nH]2)C1. The number of H-pyrrole nitrogens is 1. The molecule has 3 nitrogen and oxygen atoms in total. The van der Waals surface area contributed by atoms with Gasteiger partial charge >= 0.3 is 0 Å². The van der Waals surface area contributed by atoms with Crippen molar-refractivity contribution in [2.75, 3.05) is 20.1 Å². The zero-order chi connectivity index (χ0) is 11.0. The fraction of sp³-hybridized carbons (Fsp3) is 0.462. The summed E-state index contributed by atoms with van der Waals surface area (Å²) in [5.74, 6) is 0.658. The lowest BCUT2D eigenvalue weighted by Crippen LogP contribution is -2.30. The smallest absolute Gasteiger partial charge is 0.0487 e. The Bertz CT molecular complexity index is 456. The van der Waals surface area contributed by atoms with E-state index in [1.165, 1.54) is 42.5 Å². The van der Waals surface area contributed by atoms with Crippen LogP contribution in [0, 0.1) is 0 Å². The summed E-state index contributed by atoms with van der Waals surface area (Å²) in [6.07, 6.45) is 6.37. The maximum Gasteiger partial charge on any atom is 0.0487 e. The number of rotatable bonds is 1. The summed E-state index contributed by atoms with van der Waals surface area (Å²) in [6, 6.07) is 4.30. The number of hydrogen-bond donors (Lipinski definition) is 1. The largest absolute Gasteiger partial charge is 0.358 e. The van der Waals surface area contributed by atoms with E-state index in [9.17, 15) is 0 Å². The zero-order valence-corrected chi connectivity index (χ0v) is 9.61. The quantitative estimate of drug-likeness (QED) is 0.792. The van der Waals surface area contributed by atoms with Crippen LogP contribution < -0.4 is 0 Å². The maximum atomic E-state index is 4.16. The Hall–Kier alpha value is -1.35. The third kappa shape index (κ3) is 1.71. The zero-order valence-electron chi connectivity index (χ0n) is 9.61. The minimum atomic E-state index is 0.658. The van der Waals surface area contributed by atoms with Gasteiger partial charge in [-0.15, -0.1) is 0 Å². The first-order valence-corrected chi connectivity index (χ1v) is 5.94. The molecule has 84 valence electrons. The molecule has 1 saturated heterocycles. The summed E-state index contributed by atoms with van der Waals surface area (Å²) in [5.41, 5.74) is 2.58. The van der Waals surface area contributed by atoms with E-state index in [0.717, 1.165) is 0 Å². The fourth-order valence-corrected chi connectivity index (χ4v) is 2.63. The summed E-state index contributed by atoms with van der Waals surface area (Å²) >= 11 is 0. The van der Waals surface area contributed by atoms with Crippen LogP contribution in [-0.4, -0.2) is 35.0 Å². The summed E-state index contributed by atoms with van der Waals surface area (Å²) in [4.78, 5) is 10.1. The van der Waals surface area contributed by atoms with Crippen molar-refractivity contribution in [2.24, 2.45) is 0 Å². The van der Waals surface area contributed by atoms with Gasteiger partial charge in [-0.3, -0.25) is 4.98 Å². The van der Waals surface area contributed by atoms with E-state index >= 15 is 0 Å². The monoisotopic (exact) mass is 215 g/mol. The lowest BCUT2D eigenvalue weighted by atomic mass is 9.95. The molecule has 1 fully saturated rings. The molecule has 3 rings (SSSR count). The number of aromatic amines is 1. The van der Waals surface area contributed by atoms with E-state index in [-0.39, 0.29) is 0 Å². The van der Waals surface area contributed by atoms with Crippen LogP contribution in [0.1, 0.15) is 24.5 Å². The van der Waals surface area contributed by atoms with Crippen LogP contribution in [-0.2, 0) is 0 Å². The normalized spacial score (nSPS) is 22.7. The highest BCUT2D eigenvalue weighted by Gasteiger charge is 2.20. The average molecular weight is 215 g/mol. The highest BCUT2D eigenvalue weighted by atomic mass is 15.1. The van der Waals surface area contributed by atoms with Crippen molar-refractivity contribution < 1.29 is 0 Å². The minimum absolute atomic E-state index is 0.658. The van der Waals surface area contributed by atoms with E-state index in [0.29, 0.717) is 5.92 Å². The third-order valence-corrected chi connectivity index (χ3v) is 3.51. The number of likely N-dealkylation sites (tertiary alicyclic amines) is 1. The van der Waals surface area contributed by atoms with Crippen molar-refractivity contribution in [2.45, 2.75) is 18.8 Å². The Morgan fingerprint density at radius 1 is 1.50 bits per heavy atom. The second-order valence-electron chi connectivity index (χ2n) is 4.79. The molecule has 0 aliphatic carbocycles. The molecule has 1 N–H and O–H groups in total. The van der Waals surface area contributed by atoms with Crippen LogP contribution in [0.2, 0.25) is 0 Å². The fourth-order valence-electron chi connectivity index (χ4n) is 2.63. The highest BCUT2D eigenvalue weighted by Crippen LogP contribution is 2.27. The highest BCUT2D eigenvalue weighted by molar-refractivity contribution is 5.79. The summed E-state index contributed by atoms with van der Waals surface area (Å²) in [5, 5.41) is 1.23. The van der Waals surface area contributed by atoms with Crippen molar-refractivity contribution in [1.29, 1.82) is 0 Å². The van der Waals surface area contributed by atoms with Gasteiger partial charge in [-0.1, -0.05) is 0 Å². The second kappa shape index (κ2) is 3.91. The summed E-state index contributed by atoms with van der Waals surface area (Å²) in [6.45, 7) is 2.40. The predicted molar refractivity (Wildman–Crippen MR) is 65.6 cm³/mol. The van der Waals surface area contributed by atoms with Gasteiger partial charge in [-0.25, -0.2) is 0 Å². The molecule has 1 aliphatic heterocycles. The number of piperidine rings is 1. The van der Waals surface area contributed by atoms with Gasteiger partial charge in [0.05, 0.1) is 0 Å². The Morgan fingerprint density at radius 3 is 3.25 bits per heavy atom. The Morgan fingerprint density at radius 2 is 2.44 bits per heavy atom. The predicted octanol–water partition coefficient (Wildman–Crippen LogP) is 2.37. The van der Waals surface area contributed by atoms with Gasteiger partial charge in [-0.2, -0.15) is 0 Å². The molecule has 1 atom stereocenters. The van der Waals surface area contributed by atoms with Crippen molar-refractivity contribution >= 4 is 10.9 Å². The van der Waals surface area contributed by atoms with Crippen molar-refractivity contribution in [3.05, 3.63) is 30.2 Å². The number of aromatic nitrogens is 2. The Kier molecular flexibility index (Phi) is 2.40. The molecule has 1 aliphatic rings.